The Bertz CT molecular complexity index is 782. The van der Waals surface area contributed by atoms with Gasteiger partial charge >= 0.3 is 0 Å². The predicted octanol–water partition coefficient (Wildman–Crippen LogP) is 3.51. The number of aryl methyl sites for hydroxylation is 4. The summed E-state index contributed by atoms with van der Waals surface area (Å²) in [7, 11) is 1.92. The van der Waals surface area contributed by atoms with Crippen molar-refractivity contribution in [2.24, 2.45) is 7.05 Å². The number of anilines is 1. The van der Waals surface area contributed by atoms with E-state index >= 15 is 0 Å². The van der Waals surface area contributed by atoms with Crippen LogP contribution in [-0.2, 0) is 13.6 Å². The smallest absolute Gasteiger partial charge is 0.157 e. The zero-order valence-corrected chi connectivity index (χ0v) is 12.9. The van der Waals surface area contributed by atoms with Crippen molar-refractivity contribution in [1.82, 2.24) is 14.8 Å². The Labute approximate surface area is 124 Å². The van der Waals surface area contributed by atoms with Crippen LogP contribution in [-0.4, -0.2) is 14.8 Å². The third-order valence-electron chi connectivity index (χ3n) is 3.98. The van der Waals surface area contributed by atoms with E-state index in [1.807, 2.05) is 24.9 Å². The lowest BCUT2D eigenvalue weighted by molar-refractivity contribution is 0.774. The molecule has 2 aromatic heterocycles. The molecule has 0 amide bonds. The van der Waals surface area contributed by atoms with Crippen molar-refractivity contribution in [1.29, 1.82) is 0 Å². The first-order chi connectivity index (χ1) is 10.1. The van der Waals surface area contributed by atoms with Crippen LogP contribution in [0.5, 0.6) is 0 Å². The van der Waals surface area contributed by atoms with Crippen LogP contribution in [0, 0.1) is 20.8 Å². The molecule has 0 atom stereocenters. The number of rotatable bonds is 3. The number of aromatic nitrogens is 3. The van der Waals surface area contributed by atoms with Gasteiger partial charge in [0.15, 0.2) is 5.65 Å². The molecule has 1 aromatic carbocycles. The summed E-state index contributed by atoms with van der Waals surface area (Å²) in [6.07, 6.45) is 1.87. The Morgan fingerprint density at radius 1 is 1.14 bits per heavy atom. The van der Waals surface area contributed by atoms with Gasteiger partial charge in [-0.3, -0.25) is 4.68 Å². The molecule has 3 aromatic rings. The number of fused-ring (bicyclic) bond motifs is 1. The molecule has 0 saturated heterocycles. The number of hydrogen-bond donors (Lipinski definition) is 1. The van der Waals surface area contributed by atoms with E-state index in [1.54, 1.807) is 0 Å². The Kier molecular flexibility index (Phi) is 3.37. The van der Waals surface area contributed by atoms with Crippen molar-refractivity contribution in [3.05, 3.63) is 52.8 Å². The molecule has 0 fully saturated rings. The van der Waals surface area contributed by atoms with Gasteiger partial charge < -0.3 is 5.32 Å². The second kappa shape index (κ2) is 5.20. The van der Waals surface area contributed by atoms with Crippen molar-refractivity contribution in [2.45, 2.75) is 27.3 Å². The van der Waals surface area contributed by atoms with Gasteiger partial charge in [-0.25, -0.2) is 4.98 Å². The Morgan fingerprint density at radius 2 is 1.86 bits per heavy atom. The van der Waals surface area contributed by atoms with E-state index in [1.165, 1.54) is 16.7 Å². The van der Waals surface area contributed by atoms with Gasteiger partial charge in [0.1, 0.15) is 0 Å². The second-order valence-corrected chi connectivity index (χ2v) is 5.53. The summed E-state index contributed by atoms with van der Waals surface area (Å²) in [6, 6.07) is 8.52. The van der Waals surface area contributed by atoms with Gasteiger partial charge in [-0.1, -0.05) is 18.2 Å². The van der Waals surface area contributed by atoms with E-state index in [0.29, 0.717) is 0 Å². The minimum Gasteiger partial charge on any atom is -0.380 e. The van der Waals surface area contributed by atoms with Crippen LogP contribution in [0.4, 0.5) is 5.69 Å². The lowest BCUT2D eigenvalue weighted by atomic mass is 10.0. The molecule has 0 aliphatic carbocycles. The van der Waals surface area contributed by atoms with Crippen molar-refractivity contribution in [3.63, 3.8) is 0 Å². The Hall–Kier alpha value is -2.36. The SMILES string of the molecule is Cc1cccc(C)c1CNc1cnc2c(c1)c(C)nn2C. The van der Waals surface area contributed by atoms with E-state index in [4.69, 9.17) is 0 Å². The van der Waals surface area contributed by atoms with Crippen LogP contribution >= 0.6 is 0 Å². The maximum Gasteiger partial charge on any atom is 0.157 e. The summed E-state index contributed by atoms with van der Waals surface area (Å²) >= 11 is 0. The predicted molar refractivity (Wildman–Crippen MR) is 86.5 cm³/mol. The maximum absolute atomic E-state index is 4.50. The van der Waals surface area contributed by atoms with Crippen LogP contribution in [0.25, 0.3) is 11.0 Å². The molecule has 0 spiro atoms. The molecule has 0 radical (unpaired) electrons. The van der Waals surface area contributed by atoms with Crippen LogP contribution in [0.2, 0.25) is 0 Å². The highest BCUT2D eigenvalue weighted by atomic mass is 15.3. The highest BCUT2D eigenvalue weighted by Gasteiger charge is 2.07. The van der Waals surface area contributed by atoms with E-state index in [2.05, 4.69) is 53.5 Å². The molecular formula is C17H20N4. The summed E-state index contributed by atoms with van der Waals surface area (Å²) in [6.45, 7) is 7.12. The summed E-state index contributed by atoms with van der Waals surface area (Å²) in [5.74, 6) is 0. The standard InChI is InChI=1S/C17H20N4/c1-11-6-5-7-12(2)16(11)10-18-14-8-15-13(3)20-21(4)17(15)19-9-14/h5-9,18H,10H2,1-4H3. The Balaban J connectivity index is 1.87. The summed E-state index contributed by atoms with van der Waals surface area (Å²) < 4.78 is 1.82. The summed E-state index contributed by atoms with van der Waals surface area (Å²) in [5, 5.41) is 8.98. The molecule has 4 heteroatoms. The highest BCUT2D eigenvalue weighted by molar-refractivity contribution is 5.81. The molecule has 1 N–H and O–H groups in total. The molecule has 108 valence electrons. The first kappa shape index (κ1) is 13.6. The molecule has 0 bridgehead atoms. The fraction of sp³-hybridized carbons (Fsp3) is 0.294. The lowest BCUT2D eigenvalue weighted by Crippen LogP contribution is -2.04. The van der Waals surface area contributed by atoms with E-state index in [-0.39, 0.29) is 0 Å². The van der Waals surface area contributed by atoms with Gasteiger partial charge in [-0.15, -0.1) is 0 Å². The number of nitrogens with one attached hydrogen (secondary N) is 1. The first-order valence-electron chi connectivity index (χ1n) is 7.14. The quantitative estimate of drug-likeness (QED) is 0.798. The van der Waals surface area contributed by atoms with Crippen molar-refractivity contribution < 1.29 is 0 Å². The van der Waals surface area contributed by atoms with Gasteiger partial charge in [0.25, 0.3) is 0 Å². The third kappa shape index (κ3) is 2.49. The van der Waals surface area contributed by atoms with Gasteiger partial charge in [0.2, 0.25) is 0 Å². The molecule has 0 saturated carbocycles. The van der Waals surface area contributed by atoms with Crippen LogP contribution in [0.1, 0.15) is 22.4 Å². The van der Waals surface area contributed by atoms with Gasteiger partial charge in [-0.2, -0.15) is 5.10 Å². The average Bonchev–Trinajstić information content (AvgIpc) is 2.73. The fourth-order valence-corrected chi connectivity index (χ4v) is 2.72. The summed E-state index contributed by atoms with van der Waals surface area (Å²) in [5.41, 5.74) is 6.94. The number of hydrogen-bond acceptors (Lipinski definition) is 3. The summed E-state index contributed by atoms with van der Waals surface area (Å²) in [4.78, 5) is 4.50. The molecule has 0 aliphatic heterocycles. The molecule has 21 heavy (non-hydrogen) atoms. The molecule has 0 unspecified atom stereocenters. The van der Waals surface area contributed by atoms with Crippen molar-refractivity contribution in [3.8, 4) is 0 Å². The minimum absolute atomic E-state index is 0.811. The zero-order valence-electron chi connectivity index (χ0n) is 12.9. The van der Waals surface area contributed by atoms with Crippen molar-refractivity contribution >= 4 is 16.7 Å². The first-order valence-corrected chi connectivity index (χ1v) is 7.14. The largest absolute Gasteiger partial charge is 0.380 e. The highest BCUT2D eigenvalue weighted by Crippen LogP contribution is 2.21. The maximum atomic E-state index is 4.50. The lowest BCUT2D eigenvalue weighted by Gasteiger charge is -2.11. The molecule has 4 nitrogen and oxygen atoms in total. The molecule has 0 aliphatic rings. The third-order valence-corrected chi connectivity index (χ3v) is 3.98. The zero-order chi connectivity index (χ0) is 15.0. The second-order valence-electron chi connectivity index (χ2n) is 5.53. The van der Waals surface area contributed by atoms with E-state index in [0.717, 1.165) is 29.0 Å². The van der Waals surface area contributed by atoms with E-state index in [9.17, 15) is 0 Å². The van der Waals surface area contributed by atoms with Crippen LogP contribution < -0.4 is 5.32 Å². The minimum atomic E-state index is 0.811. The molecular weight excluding hydrogens is 260 g/mol. The number of benzene rings is 1. The topological polar surface area (TPSA) is 42.7 Å². The molecule has 3 rings (SSSR count). The number of nitrogens with zero attached hydrogens (tertiary/aromatic N) is 3. The Morgan fingerprint density at radius 3 is 2.57 bits per heavy atom. The normalized spacial score (nSPS) is 11.0. The number of pyridine rings is 1. The monoisotopic (exact) mass is 280 g/mol. The molecule has 2 heterocycles. The van der Waals surface area contributed by atoms with Gasteiger partial charge in [0.05, 0.1) is 17.6 Å². The van der Waals surface area contributed by atoms with E-state index < -0.39 is 0 Å². The van der Waals surface area contributed by atoms with Gasteiger partial charge in [0, 0.05) is 19.0 Å². The van der Waals surface area contributed by atoms with Crippen LogP contribution in [0.15, 0.2) is 30.5 Å². The van der Waals surface area contributed by atoms with Crippen LogP contribution in [0.3, 0.4) is 0 Å². The van der Waals surface area contributed by atoms with Gasteiger partial charge in [-0.05, 0) is 43.5 Å². The van der Waals surface area contributed by atoms with Crippen molar-refractivity contribution in [2.75, 3.05) is 5.32 Å². The average molecular weight is 280 g/mol. The fourth-order valence-electron chi connectivity index (χ4n) is 2.72.